The maximum absolute atomic E-state index is 4.54. The number of hydrogen-bond acceptors (Lipinski definition) is 3. The minimum Gasteiger partial charge on any atom is -0.362 e. The van der Waals surface area contributed by atoms with Gasteiger partial charge in [-0.2, -0.15) is 0 Å². The highest BCUT2D eigenvalue weighted by atomic mass is 32.2. The van der Waals surface area contributed by atoms with E-state index in [1.165, 1.54) is 30.9 Å². The first-order chi connectivity index (χ1) is 7.08. The zero-order chi connectivity index (χ0) is 10.9. The fourth-order valence-corrected chi connectivity index (χ4v) is 3.36. The smallest absolute Gasteiger partial charge is 0.157 e. The van der Waals surface area contributed by atoms with Gasteiger partial charge in [-0.25, -0.2) is 0 Å². The highest BCUT2D eigenvalue weighted by Gasteiger charge is 2.33. The molecule has 15 heavy (non-hydrogen) atoms. The van der Waals surface area contributed by atoms with Gasteiger partial charge in [-0.1, -0.05) is 45.4 Å². The molecule has 0 bridgehead atoms. The number of hydrogen-bond donors (Lipinski definition) is 1. The molecule has 1 N–H and O–H groups in total. The van der Waals surface area contributed by atoms with Gasteiger partial charge in [-0.05, 0) is 18.3 Å². The fourth-order valence-electron chi connectivity index (χ4n) is 2.47. The molecule has 0 saturated heterocycles. The molecule has 1 saturated carbocycles. The number of aliphatic imine (C=N–C) groups is 1. The molecule has 2 rings (SSSR count). The van der Waals surface area contributed by atoms with Crippen molar-refractivity contribution in [2.45, 2.75) is 57.7 Å². The van der Waals surface area contributed by atoms with Crippen LogP contribution < -0.4 is 5.32 Å². The van der Waals surface area contributed by atoms with Crippen LogP contribution >= 0.6 is 11.8 Å². The largest absolute Gasteiger partial charge is 0.362 e. The van der Waals surface area contributed by atoms with Crippen LogP contribution in [0.2, 0.25) is 0 Å². The van der Waals surface area contributed by atoms with E-state index in [0.717, 1.165) is 6.54 Å². The molecule has 0 aromatic heterocycles. The molecular weight excluding hydrogens is 204 g/mol. The maximum atomic E-state index is 4.54. The van der Waals surface area contributed by atoms with Crippen LogP contribution in [-0.4, -0.2) is 23.0 Å². The van der Waals surface area contributed by atoms with Crippen LogP contribution in [0, 0.1) is 5.41 Å². The lowest BCUT2D eigenvalue weighted by molar-refractivity contribution is 0.186. The average molecular weight is 226 g/mol. The van der Waals surface area contributed by atoms with Crippen LogP contribution in [0.4, 0.5) is 0 Å². The number of thioether (sulfide) groups is 1. The Labute approximate surface area is 97.3 Å². The normalized spacial score (nSPS) is 35.0. The van der Waals surface area contributed by atoms with Crippen LogP contribution in [0.1, 0.15) is 46.5 Å². The Kier molecular flexibility index (Phi) is 3.29. The van der Waals surface area contributed by atoms with Crippen LogP contribution in [0.15, 0.2) is 4.99 Å². The van der Waals surface area contributed by atoms with E-state index in [1.807, 2.05) is 11.8 Å². The van der Waals surface area contributed by atoms with Crippen LogP contribution in [-0.2, 0) is 0 Å². The molecule has 1 aliphatic carbocycles. The molecule has 0 aromatic rings. The van der Waals surface area contributed by atoms with Crippen molar-refractivity contribution in [3.63, 3.8) is 0 Å². The predicted molar refractivity (Wildman–Crippen MR) is 68.5 cm³/mol. The quantitative estimate of drug-likeness (QED) is 0.743. The number of rotatable bonds is 1. The summed E-state index contributed by atoms with van der Waals surface area (Å²) in [7, 11) is 0. The maximum Gasteiger partial charge on any atom is 0.157 e. The molecule has 86 valence electrons. The van der Waals surface area contributed by atoms with Crippen molar-refractivity contribution >= 4 is 16.9 Å². The molecule has 2 unspecified atom stereocenters. The van der Waals surface area contributed by atoms with E-state index in [9.17, 15) is 0 Å². The Morgan fingerprint density at radius 2 is 2.20 bits per heavy atom. The van der Waals surface area contributed by atoms with Crippen LogP contribution in [0.25, 0.3) is 0 Å². The van der Waals surface area contributed by atoms with Gasteiger partial charge in [-0.15, -0.1) is 0 Å². The van der Waals surface area contributed by atoms with Gasteiger partial charge in [0.2, 0.25) is 0 Å². The van der Waals surface area contributed by atoms with Crippen LogP contribution in [0.3, 0.4) is 0 Å². The number of nitrogens with one attached hydrogen (secondary N) is 1. The summed E-state index contributed by atoms with van der Waals surface area (Å²) < 4.78 is 0. The summed E-state index contributed by atoms with van der Waals surface area (Å²) in [5, 5.41) is 5.50. The van der Waals surface area contributed by atoms with Crippen molar-refractivity contribution in [3.8, 4) is 0 Å². The monoisotopic (exact) mass is 226 g/mol. The number of amidine groups is 1. The molecule has 0 aromatic carbocycles. The van der Waals surface area contributed by atoms with Crippen molar-refractivity contribution < 1.29 is 0 Å². The fraction of sp³-hybridized carbons (Fsp3) is 0.917. The third kappa shape index (κ3) is 2.68. The third-order valence-electron chi connectivity index (χ3n) is 3.61. The van der Waals surface area contributed by atoms with Crippen LogP contribution in [0.5, 0.6) is 0 Å². The van der Waals surface area contributed by atoms with Gasteiger partial charge in [0.15, 0.2) is 5.17 Å². The molecule has 0 amide bonds. The third-order valence-corrected chi connectivity index (χ3v) is 4.63. The van der Waals surface area contributed by atoms with Crippen molar-refractivity contribution in [2.75, 3.05) is 6.54 Å². The highest BCUT2D eigenvalue weighted by Crippen LogP contribution is 2.36. The second kappa shape index (κ2) is 4.36. The zero-order valence-electron chi connectivity index (χ0n) is 10.0. The minimum absolute atomic E-state index is 0.438. The molecule has 0 spiro atoms. The second-order valence-electron chi connectivity index (χ2n) is 5.51. The van der Waals surface area contributed by atoms with E-state index >= 15 is 0 Å². The zero-order valence-corrected chi connectivity index (χ0v) is 10.9. The van der Waals surface area contributed by atoms with Gasteiger partial charge in [-0.3, -0.25) is 4.99 Å². The van der Waals surface area contributed by atoms with Crippen molar-refractivity contribution in [1.82, 2.24) is 5.32 Å². The molecule has 2 nitrogen and oxygen atoms in total. The lowest BCUT2D eigenvalue weighted by Crippen LogP contribution is -2.45. The van der Waals surface area contributed by atoms with E-state index in [2.05, 4.69) is 31.1 Å². The summed E-state index contributed by atoms with van der Waals surface area (Å²) >= 11 is 1.90. The summed E-state index contributed by atoms with van der Waals surface area (Å²) in [4.78, 5) is 4.54. The molecule has 0 radical (unpaired) electrons. The van der Waals surface area contributed by atoms with Crippen molar-refractivity contribution in [2.24, 2.45) is 10.4 Å². The van der Waals surface area contributed by atoms with Crippen molar-refractivity contribution in [3.05, 3.63) is 0 Å². The molecule has 1 fully saturated rings. The topological polar surface area (TPSA) is 24.4 Å². The van der Waals surface area contributed by atoms with Gasteiger partial charge >= 0.3 is 0 Å². The lowest BCUT2D eigenvalue weighted by atomic mass is 9.73. The summed E-state index contributed by atoms with van der Waals surface area (Å²) in [5.74, 6) is 0. The summed E-state index contributed by atoms with van der Waals surface area (Å²) in [6.45, 7) is 8.00. The average Bonchev–Trinajstić information content (AvgIpc) is 2.55. The van der Waals surface area contributed by atoms with Gasteiger partial charge in [0.05, 0.1) is 6.54 Å². The first-order valence-corrected chi connectivity index (χ1v) is 6.93. The predicted octanol–water partition coefficient (Wildman–Crippen LogP) is 3.04. The Morgan fingerprint density at radius 3 is 2.80 bits per heavy atom. The SMILES string of the molecule is CC1CN=C(NC2CCCCC2(C)C)S1. The number of nitrogens with zero attached hydrogens (tertiary/aromatic N) is 1. The molecule has 2 aliphatic rings. The molecule has 1 aliphatic heterocycles. The standard InChI is InChI=1S/C12H22N2S/c1-9-8-13-11(15-9)14-10-6-4-5-7-12(10,2)3/h9-10H,4-8H2,1-3H3,(H,13,14). The molecule has 1 heterocycles. The van der Waals surface area contributed by atoms with E-state index in [1.54, 1.807) is 0 Å². The van der Waals surface area contributed by atoms with Gasteiger partial charge in [0.25, 0.3) is 0 Å². The highest BCUT2D eigenvalue weighted by molar-refractivity contribution is 8.14. The van der Waals surface area contributed by atoms with E-state index in [4.69, 9.17) is 0 Å². The van der Waals surface area contributed by atoms with E-state index in [0.29, 0.717) is 16.7 Å². The second-order valence-corrected chi connectivity index (χ2v) is 6.93. The Balaban J connectivity index is 1.93. The molecule has 2 atom stereocenters. The Bertz CT molecular complexity index is 260. The Hall–Kier alpha value is -0.180. The Morgan fingerprint density at radius 1 is 1.40 bits per heavy atom. The minimum atomic E-state index is 0.438. The van der Waals surface area contributed by atoms with Gasteiger partial charge in [0, 0.05) is 11.3 Å². The lowest BCUT2D eigenvalue weighted by Gasteiger charge is -2.39. The van der Waals surface area contributed by atoms with Gasteiger partial charge in [0.1, 0.15) is 0 Å². The summed E-state index contributed by atoms with van der Waals surface area (Å²) in [6.07, 6.45) is 5.41. The summed E-state index contributed by atoms with van der Waals surface area (Å²) in [5.41, 5.74) is 0.438. The first-order valence-electron chi connectivity index (χ1n) is 6.05. The summed E-state index contributed by atoms with van der Waals surface area (Å²) in [6, 6.07) is 0.628. The molecular formula is C12H22N2S. The van der Waals surface area contributed by atoms with Gasteiger partial charge < -0.3 is 5.32 Å². The first kappa shape index (κ1) is 11.3. The molecule has 3 heteroatoms. The van der Waals surface area contributed by atoms with E-state index in [-0.39, 0.29) is 0 Å². The van der Waals surface area contributed by atoms with Crippen molar-refractivity contribution in [1.29, 1.82) is 0 Å². The van der Waals surface area contributed by atoms with E-state index < -0.39 is 0 Å².